The Kier molecular flexibility index (Phi) is 6.71. The van der Waals surface area contributed by atoms with Gasteiger partial charge in [-0.3, -0.25) is 4.79 Å². The molecule has 0 radical (unpaired) electrons. The lowest BCUT2D eigenvalue weighted by molar-refractivity contribution is -0.121. The van der Waals surface area contributed by atoms with Crippen LogP contribution >= 0.6 is 0 Å². The van der Waals surface area contributed by atoms with E-state index in [0.29, 0.717) is 0 Å². The van der Waals surface area contributed by atoms with E-state index in [0.717, 1.165) is 16.5 Å². The van der Waals surface area contributed by atoms with Gasteiger partial charge < -0.3 is 19.9 Å². The Bertz CT molecular complexity index is 1140. The molecule has 0 aliphatic carbocycles. The number of rotatable bonds is 8. The van der Waals surface area contributed by atoms with Crippen LogP contribution in [0.5, 0.6) is 11.5 Å². The normalized spacial score (nSPS) is 11.8. The summed E-state index contributed by atoms with van der Waals surface area (Å²) < 4.78 is 10.3. The van der Waals surface area contributed by atoms with Gasteiger partial charge in [0.15, 0.2) is 11.5 Å². The van der Waals surface area contributed by atoms with Crippen LogP contribution in [0.15, 0.2) is 59.7 Å². The number of carbonyl (C=O) groups is 2. The van der Waals surface area contributed by atoms with Crippen molar-refractivity contribution in [1.82, 2.24) is 5.43 Å². The van der Waals surface area contributed by atoms with Crippen LogP contribution in [0.3, 0.4) is 0 Å². The molecule has 3 aromatic carbocycles. The maximum atomic E-state index is 12.5. The SMILES string of the molecule is COc1ccc(/C=N\NC(=O)[C@H](C)Nc2cccc3ccccc23)c(C(=O)O)c1OC. The molecule has 0 saturated carbocycles. The number of nitrogens with zero attached hydrogens (tertiary/aromatic N) is 1. The van der Waals surface area contributed by atoms with Gasteiger partial charge in [-0.05, 0) is 30.5 Å². The lowest BCUT2D eigenvalue weighted by atomic mass is 10.1. The van der Waals surface area contributed by atoms with E-state index in [9.17, 15) is 14.7 Å². The zero-order valence-electron chi connectivity index (χ0n) is 17.4. The van der Waals surface area contributed by atoms with E-state index in [1.54, 1.807) is 13.0 Å². The van der Waals surface area contributed by atoms with E-state index >= 15 is 0 Å². The number of hydrogen-bond donors (Lipinski definition) is 3. The van der Waals surface area contributed by atoms with Gasteiger partial charge in [-0.1, -0.05) is 36.4 Å². The predicted molar refractivity (Wildman–Crippen MR) is 119 cm³/mol. The van der Waals surface area contributed by atoms with Gasteiger partial charge in [0, 0.05) is 16.6 Å². The van der Waals surface area contributed by atoms with E-state index in [2.05, 4.69) is 15.8 Å². The molecule has 3 N–H and O–H groups in total. The fraction of sp³-hybridized carbons (Fsp3) is 0.174. The number of nitrogens with one attached hydrogen (secondary N) is 2. The van der Waals surface area contributed by atoms with Gasteiger partial charge in [0.2, 0.25) is 0 Å². The molecule has 0 aliphatic heterocycles. The largest absolute Gasteiger partial charge is 0.493 e. The number of hydrazone groups is 1. The summed E-state index contributed by atoms with van der Waals surface area (Å²) in [6.45, 7) is 1.71. The van der Waals surface area contributed by atoms with Crippen LogP contribution in [-0.2, 0) is 4.79 Å². The average molecular weight is 421 g/mol. The van der Waals surface area contributed by atoms with Gasteiger partial charge >= 0.3 is 5.97 Å². The van der Waals surface area contributed by atoms with Crippen molar-refractivity contribution in [3.63, 3.8) is 0 Å². The molecule has 1 amide bonds. The van der Waals surface area contributed by atoms with E-state index in [1.165, 1.54) is 26.5 Å². The van der Waals surface area contributed by atoms with Gasteiger partial charge in [-0.2, -0.15) is 5.10 Å². The van der Waals surface area contributed by atoms with Gasteiger partial charge in [0.25, 0.3) is 5.91 Å². The molecule has 160 valence electrons. The van der Waals surface area contributed by atoms with Crippen molar-refractivity contribution in [2.75, 3.05) is 19.5 Å². The van der Waals surface area contributed by atoms with Gasteiger partial charge in [-0.25, -0.2) is 10.2 Å². The fourth-order valence-electron chi connectivity index (χ4n) is 3.18. The number of carboxylic acids is 1. The van der Waals surface area contributed by atoms with Gasteiger partial charge in [0.05, 0.1) is 20.4 Å². The highest BCUT2D eigenvalue weighted by Crippen LogP contribution is 2.32. The number of ether oxygens (including phenoxy) is 2. The van der Waals surface area contributed by atoms with Crippen LogP contribution in [-0.4, -0.2) is 43.5 Å². The molecule has 0 bridgehead atoms. The van der Waals surface area contributed by atoms with Crippen LogP contribution < -0.4 is 20.2 Å². The van der Waals surface area contributed by atoms with Crippen molar-refractivity contribution in [1.29, 1.82) is 0 Å². The molecular formula is C23H23N3O5. The zero-order valence-corrected chi connectivity index (χ0v) is 17.4. The Morgan fingerprint density at radius 3 is 2.48 bits per heavy atom. The third kappa shape index (κ3) is 4.75. The first-order valence-electron chi connectivity index (χ1n) is 9.51. The highest BCUT2D eigenvalue weighted by Gasteiger charge is 2.20. The quantitative estimate of drug-likeness (QED) is 0.379. The van der Waals surface area contributed by atoms with Crippen molar-refractivity contribution in [3.8, 4) is 11.5 Å². The lowest BCUT2D eigenvalue weighted by Crippen LogP contribution is -2.35. The third-order valence-corrected chi connectivity index (χ3v) is 4.73. The monoisotopic (exact) mass is 421 g/mol. The summed E-state index contributed by atoms with van der Waals surface area (Å²) >= 11 is 0. The van der Waals surface area contributed by atoms with Gasteiger partial charge in [-0.15, -0.1) is 0 Å². The Hall–Kier alpha value is -4.07. The van der Waals surface area contributed by atoms with Crippen LogP contribution in [0.2, 0.25) is 0 Å². The lowest BCUT2D eigenvalue weighted by Gasteiger charge is -2.15. The van der Waals surface area contributed by atoms with Crippen LogP contribution in [0.4, 0.5) is 5.69 Å². The number of hydrogen-bond acceptors (Lipinski definition) is 6. The predicted octanol–water partition coefficient (Wildman–Crippen LogP) is 3.51. The molecule has 0 aliphatic rings. The topological polar surface area (TPSA) is 109 Å². The maximum Gasteiger partial charge on any atom is 0.340 e. The summed E-state index contributed by atoms with van der Waals surface area (Å²) in [5.41, 5.74) is 3.42. The fourth-order valence-corrected chi connectivity index (χ4v) is 3.18. The summed E-state index contributed by atoms with van der Waals surface area (Å²) in [6.07, 6.45) is 1.26. The van der Waals surface area contributed by atoms with E-state index in [-0.39, 0.29) is 28.5 Å². The minimum absolute atomic E-state index is 0.0799. The molecule has 0 aromatic heterocycles. The highest BCUT2D eigenvalue weighted by molar-refractivity contribution is 6.02. The van der Waals surface area contributed by atoms with Gasteiger partial charge in [0.1, 0.15) is 11.6 Å². The first kappa shape index (κ1) is 21.6. The second-order valence-corrected chi connectivity index (χ2v) is 6.70. The van der Waals surface area contributed by atoms with Crippen molar-refractivity contribution in [2.45, 2.75) is 13.0 Å². The number of carboxylic acid groups (broad SMARTS) is 1. The summed E-state index contributed by atoms with van der Waals surface area (Å²) in [7, 11) is 2.77. The summed E-state index contributed by atoms with van der Waals surface area (Å²) in [5.74, 6) is -1.21. The van der Waals surface area contributed by atoms with Crippen LogP contribution in [0, 0.1) is 0 Å². The number of benzene rings is 3. The summed E-state index contributed by atoms with van der Waals surface area (Å²) in [5, 5.41) is 18.7. The minimum atomic E-state index is -1.20. The van der Waals surface area contributed by atoms with Crippen molar-refractivity contribution >= 4 is 34.6 Å². The Balaban J connectivity index is 1.74. The molecule has 0 spiro atoms. The standard InChI is InChI=1S/C23H23N3O5/c1-14(25-18-10-6-8-15-7-4-5-9-17(15)18)22(27)26-24-13-16-11-12-19(30-2)21(31-3)20(16)23(28)29/h4-14,25H,1-3H3,(H,26,27)(H,28,29)/b24-13-/t14-/m0/s1. The number of aromatic carboxylic acids is 1. The van der Waals surface area contributed by atoms with Crippen LogP contribution in [0.1, 0.15) is 22.8 Å². The molecule has 1 atom stereocenters. The second-order valence-electron chi connectivity index (χ2n) is 6.70. The number of amides is 1. The molecule has 3 rings (SSSR count). The average Bonchev–Trinajstić information content (AvgIpc) is 2.78. The zero-order chi connectivity index (χ0) is 22.4. The molecule has 0 heterocycles. The number of carbonyl (C=O) groups excluding carboxylic acids is 1. The Morgan fingerprint density at radius 2 is 1.77 bits per heavy atom. The molecule has 8 nitrogen and oxygen atoms in total. The highest BCUT2D eigenvalue weighted by atomic mass is 16.5. The van der Waals surface area contributed by atoms with Crippen molar-refractivity contribution in [3.05, 3.63) is 65.7 Å². The third-order valence-electron chi connectivity index (χ3n) is 4.73. The first-order chi connectivity index (χ1) is 15.0. The molecule has 0 saturated heterocycles. The summed E-state index contributed by atoms with van der Waals surface area (Å²) in [6, 6.07) is 16.2. The van der Waals surface area contributed by atoms with E-state index in [4.69, 9.17) is 9.47 Å². The number of anilines is 1. The number of methoxy groups -OCH3 is 2. The molecule has 0 fully saturated rings. The van der Waals surface area contributed by atoms with E-state index in [1.807, 2.05) is 42.5 Å². The van der Waals surface area contributed by atoms with Crippen molar-refractivity contribution < 1.29 is 24.2 Å². The smallest absolute Gasteiger partial charge is 0.340 e. The van der Waals surface area contributed by atoms with E-state index < -0.39 is 12.0 Å². The first-order valence-corrected chi connectivity index (χ1v) is 9.51. The molecule has 8 heteroatoms. The van der Waals surface area contributed by atoms with Crippen molar-refractivity contribution in [2.24, 2.45) is 5.10 Å². The second kappa shape index (κ2) is 9.62. The Labute approximate surface area is 179 Å². The summed E-state index contributed by atoms with van der Waals surface area (Å²) in [4.78, 5) is 24.2. The molecule has 31 heavy (non-hydrogen) atoms. The Morgan fingerprint density at radius 1 is 1.03 bits per heavy atom. The molecule has 0 unspecified atom stereocenters. The van der Waals surface area contributed by atoms with Crippen LogP contribution in [0.25, 0.3) is 10.8 Å². The minimum Gasteiger partial charge on any atom is -0.493 e. The maximum absolute atomic E-state index is 12.5. The number of fused-ring (bicyclic) bond motifs is 1. The molecule has 3 aromatic rings. The molecular weight excluding hydrogens is 398 g/mol.